The Hall–Kier alpha value is -5.59. The van der Waals surface area contributed by atoms with Crippen LogP contribution in [0.1, 0.15) is 145 Å². The molecule has 344 valence electrons. The van der Waals surface area contributed by atoms with E-state index in [1.165, 1.54) is 0 Å². The molecule has 1 spiro atoms. The lowest BCUT2D eigenvalue weighted by Crippen LogP contribution is -2.65. The van der Waals surface area contributed by atoms with Crippen molar-refractivity contribution in [2.24, 2.45) is 11.8 Å². The molecular weight excluding hydrogens is 822 g/mol. The summed E-state index contributed by atoms with van der Waals surface area (Å²) < 4.78 is 25.2. The molecule has 2 aromatic carbocycles. The van der Waals surface area contributed by atoms with Gasteiger partial charge in [0.05, 0.1) is 42.5 Å². The third kappa shape index (κ3) is 7.41. The Balaban J connectivity index is 1.06. The fourth-order valence-electron chi connectivity index (χ4n) is 11.1. The Bertz CT molecular complexity index is 2590. The zero-order chi connectivity index (χ0) is 46.1. The summed E-state index contributed by atoms with van der Waals surface area (Å²) in [6.07, 6.45) is 8.02. The number of aryl methyl sites for hydroxylation is 1. The maximum atomic E-state index is 15.6. The number of halogens is 1. The summed E-state index contributed by atoms with van der Waals surface area (Å²) in [6.45, 7) is 16.3. The van der Waals surface area contributed by atoms with Gasteiger partial charge in [0.25, 0.3) is 0 Å². The molecule has 3 aliphatic heterocycles. The number of aromatic nitrogens is 4. The zero-order valence-corrected chi connectivity index (χ0v) is 39.4. The number of fused-ring (bicyclic) bond motifs is 5. The molecule has 5 heterocycles. The summed E-state index contributed by atoms with van der Waals surface area (Å²) in [5.41, 5.74) is 7.05. The summed E-state index contributed by atoms with van der Waals surface area (Å²) in [4.78, 5) is 71.3. The van der Waals surface area contributed by atoms with Crippen molar-refractivity contribution in [1.29, 1.82) is 0 Å². The monoisotopic (exact) mass is 885 g/mol. The van der Waals surface area contributed by atoms with Crippen LogP contribution in [-0.2, 0) is 75.3 Å². The van der Waals surface area contributed by atoms with Gasteiger partial charge >= 0.3 is 6.09 Å². The largest absolute Gasteiger partial charge is 0.447 e. The molecule has 0 N–H and O–H groups in total. The van der Waals surface area contributed by atoms with Crippen LogP contribution in [0.4, 0.5) is 20.6 Å². The van der Waals surface area contributed by atoms with Gasteiger partial charge in [-0.25, -0.2) is 19.2 Å². The first-order valence-corrected chi connectivity index (χ1v) is 24.0. The first-order valence-electron chi connectivity index (χ1n) is 24.0. The van der Waals surface area contributed by atoms with Gasteiger partial charge in [0.15, 0.2) is 5.78 Å². The highest BCUT2D eigenvalue weighted by Gasteiger charge is 2.60. The van der Waals surface area contributed by atoms with Crippen LogP contribution < -0.4 is 9.80 Å². The maximum absolute atomic E-state index is 15.6. The Labute approximate surface area is 382 Å². The van der Waals surface area contributed by atoms with E-state index in [4.69, 9.17) is 14.7 Å². The smallest absolute Gasteiger partial charge is 0.410 e. The van der Waals surface area contributed by atoms with Crippen LogP contribution >= 0.6 is 0 Å². The number of benzene rings is 2. The van der Waals surface area contributed by atoms with Gasteiger partial charge in [-0.1, -0.05) is 71.9 Å². The second kappa shape index (κ2) is 17.0. The molecule has 12 nitrogen and oxygen atoms in total. The second-order valence-corrected chi connectivity index (χ2v) is 20.0. The van der Waals surface area contributed by atoms with Gasteiger partial charge in [-0.15, -0.1) is 0 Å². The lowest BCUT2D eigenvalue weighted by atomic mass is 9.73. The van der Waals surface area contributed by atoms with Crippen molar-refractivity contribution in [3.05, 3.63) is 99.4 Å². The van der Waals surface area contributed by atoms with Crippen LogP contribution in [0, 0.1) is 11.8 Å². The number of carbonyl (C=O) groups is 4. The number of hydrogen-bond donors (Lipinski definition) is 0. The number of carbonyl (C=O) groups excluding carboxylic acids is 4. The number of hydrogen-bond acceptors (Lipinski definition) is 7. The number of allylic oxidation sites excluding steroid dienone is 1. The van der Waals surface area contributed by atoms with E-state index in [0.29, 0.717) is 37.3 Å². The summed E-state index contributed by atoms with van der Waals surface area (Å²) >= 11 is 0. The van der Waals surface area contributed by atoms with E-state index in [9.17, 15) is 19.2 Å². The quantitative estimate of drug-likeness (QED) is 0.131. The summed E-state index contributed by atoms with van der Waals surface area (Å²) in [6, 6.07) is 14.3. The van der Waals surface area contributed by atoms with Gasteiger partial charge in [0.1, 0.15) is 22.9 Å². The summed E-state index contributed by atoms with van der Waals surface area (Å²) in [5.74, 6) is 0.800. The molecule has 0 saturated carbocycles. The molecule has 1 atom stereocenters. The Kier molecular flexibility index (Phi) is 11.7. The van der Waals surface area contributed by atoms with E-state index in [0.717, 1.165) is 82.9 Å². The van der Waals surface area contributed by atoms with Gasteiger partial charge < -0.3 is 28.6 Å². The molecule has 3 amide bonds. The Morgan fingerprint density at radius 1 is 0.815 bits per heavy atom. The van der Waals surface area contributed by atoms with Crippen molar-refractivity contribution in [3.63, 3.8) is 0 Å². The van der Waals surface area contributed by atoms with Crippen molar-refractivity contribution < 1.29 is 28.3 Å². The topological polar surface area (TPSA) is 123 Å². The SMILES string of the molecule is CCC1(CC)C(=O)N(Cc2nc3c(n2/C=C(\F)C(C)C)CCC(c2ccc4c(c2)C2(CN(C(=O)OC(C)C)C2)C(=O)N4Cc2nc4c(n2CC(=O)C(C)C)CCCC4)C3)c2ccccc21. The van der Waals surface area contributed by atoms with E-state index in [2.05, 4.69) is 36.6 Å². The average Bonchev–Trinajstić information content (AvgIpc) is 3.94. The molecule has 13 heteroatoms. The maximum Gasteiger partial charge on any atom is 0.410 e. The van der Waals surface area contributed by atoms with Crippen molar-refractivity contribution in [1.82, 2.24) is 24.0 Å². The van der Waals surface area contributed by atoms with Crippen LogP contribution in [0.25, 0.3) is 6.20 Å². The molecule has 1 fully saturated rings. The number of nitrogens with zero attached hydrogens (tertiary/aromatic N) is 7. The highest BCUT2D eigenvalue weighted by atomic mass is 19.1. The van der Waals surface area contributed by atoms with E-state index < -0.39 is 16.9 Å². The number of para-hydroxylation sites is 1. The highest BCUT2D eigenvalue weighted by molar-refractivity contribution is 6.10. The van der Waals surface area contributed by atoms with Crippen LogP contribution in [0.3, 0.4) is 0 Å². The number of ether oxygens (including phenoxy) is 1. The predicted octanol–water partition coefficient (Wildman–Crippen LogP) is 9.13. The lowest BCUT2D eigenvalue weighted by Gasteiger charge is -2.46. The number of Topliss-reactive ketones (excluding diaryl/α,β-unsaturated/α-hetero) is 1. The van der Waals surface area contributed by atoms with Gasteiger partial charge in [0.2, 0.25) is 11.8 Å². The molecule has 0 bridgehead atoms. The third-order valence-corrected chi connectivity index (χ3v) is 15.0. The zero-order valence-electron chi connectivity index (χ0n) is 39.4. The number of amides is 3. The second-order valence-electron chi connectivity index (χ2n) is 20.0. The van der Waals surface area contributed by atoms with Gasteiger partial charge in [0, 0.05) is 53.9 Å². The minimum absolute atomic E-state index is 0.0534. The van der Waals surface area contributed by atoms with E-state index in [-0.39, 0.29) is 80.0 Å². The van der Waals surface area contributed by atoms with E-state index in [1.54, 1.807) is 11.1 Å². The molecule has 1 saturated heterocycles. The number of imidazole rings is 2. The molecule has 4 aromatic rings. The number of anilines is 2. The van der Waals surface area contributed by atoms with E-state index in [1.807, 2.05) is 80.2 Å². The van der Waals surface area contributed by atoms with Gasteiger partial charge in [-0.3, -0.25) is 14.4 Å². The lowest BCUT2D eigenvalue weighted by molar-refractivity contribution is -0.128. The van der Waals surface area contributed by atoms with E-state index >= 15 is 4.39 Å². The Morgan fingerprint density at radius 2 is 1.49 bits per heavy atom. The summed E-state index contributed by atoms with van der Waals surface area (Å²) in [5, 5.41) is 0. The minimum atomic E-state index is -0.954. The third-order valence-electron chi connectivity index (χ3n) is 15.0. The molecule has 2 aromatic heterocycles. The van der Waals surface area contributed by atoms with Crippen molar-refractivity contribution in [3.8, 4) is 0 Å². The number of likely N-dealkylation sites (tertiary alicyclic amines) is 1. The molecule has 9 rings (SSSR count). The molecule has 0 radical (unpaired) electrons. The van der Waals surface area contributed by atoms with Gasteiger partial charge in [-0.05, 0) is 106 Å². The minimum Gasteiger partial charge on any atom is -0.447 e. The van der Waals surface area contributed by atoms with Crippen molar-refractivity contribution in [2.45, 2.75) is 156 Å². The van der Waals surface area contributed by atoms with Crippen molar-refractivity contribution >= 4 is 41.3 Å². The molecule has 65 heavy (non-hydrogen) atoms. The molecule has 2 aliphatic carbocycles. The number of ketones is 1. The molecular formula is C52H64FN7O5. The average molecular weight is 886 g/mol. The van der Waals surface area contributed by atoms with Crippen LogP contribution in [0.5, 0.6) is 0 Å². The normalized spacial score (nSPS) is 19.6. The molecule has 5 aliphatic rings. The summed E-state index contributed by atoms with van der Waals surface area (Å²) in [7, 11) is 0. The standard InChI is InChI=1S/C52H64FN7O5/c1-9-51(10-2)36-15-11-13-17-41(36)59(48(51)62)28-47-55-40-24-35(20-22-44(40)57(47)25-38(53)31(3)4)34-19-21-42-37(23-34)52(29-56(30-52)50(64)65-33(7)8)49(63)60(42)27-46-54-39-16-12-14-18-43(39)58(46)26-45(61)32(5)6/h11,13,15,17,19,21,23,25,31-33,35H,9-10,12,14,16,18,20,22,24,26-30H2,1-8H3/b38-25-. The van der Waals surface area contributed by atoms with Gasteiger partial charge in [-0.2, -0.15) is 0 Å². The van der Waals surface area contributed by atoms with Crippen LogP contribution in [0.15, 0.2) is 48.3 Å². The first-order chi connectivity index (χ1) is 31.1. The molecule has 1 unspecified atom stereocenters. The Morgan fingerprint density at radius 3 is 2.20 bits per heavy atom. The van der Waals surface area contributed by atoms with Crippen LogP contribution in [-0.4, -0.2) is 66.9 Å². The number of rotatable bonds is 13. The van der Waals surface area contributed by atoms with Crippen molar-refractivity contribution in [2.75, 3.05) is 22.9 Å². The first kappa shape index (κ1) is 44.6. The fourth-order valence-corrected chi connectivity index (χ4v) is 11.1. The fraction of sp³-hybridized carbons (Fsp3) is 0.538. The highest BCUT2D eigenvalue weighted by Crippen LogP contribution is 2.51. The predicted molar refractivity (Wildman–Crippen MR) is 248 cm³/mol. The van der Waals surface area contributed by atoms with Crippen LogP contribution in [0.2, 0.25) is 0 Å².